The summed E-state index contributed by atoms with van der Waals surface area (Å²) in [6.45, 7) is 10.3. The third kappa shape index (κ3) is 4.32. The Bertz CT molecular complexity index is 812. The van der Waals surface area contributed by atoms with Crippen molar-refractivity contribution in [3.8, 4) is 11.3 Å². The lowest BCUT2D eigenvalue weighted by Gasteiger charge is -2.35. The fourth-order valence-corrected chi connectivity index (χ4v) is 4.37. The lowest BCUT2D eigenvalue weighted by molar-refractivity contribution is -0.134. The molecule has 2 aromatic rings. The van der Waals surface area contributed by atoms with Gasteiger partial charge in [0, 0.05) is 43.0 Å². The van der Waals surface area contributed by atoms with Crippen molar-refractivity contribution >= 4 is 11.7 Å². The average Bonchev–Trinajstić information content (AvgIpc) is 2.96. The van der Waals surface area contributed by atoms with Crippen molar-refractivity contribution in [1.82, 2.24) is 9.47 Å². The van der Waals surface area contributed by atoms with E-state index in [1.165, 1.54) is 6.42 Å². The number of benzene rings is 1. The molecule has 27 heavy (non-hydrogen) atoms. The Morgan fingerprint density at radius 3 is 2.30 bits per heavy atom. The molecule has 1 fully saturated rings. The molecule has 1 aromatic heterocycles. The van der Waals surface area contributed by atoms with Crippen LogP contribution < -0.4 is 0 Å². The predicted molar refractivity (Wildman–Crippen MR) is 109 cm³/mol. The van der Waals surface area contributed by atoms with Crippen molar-refractivity contribution in [2.45, 2.75) is 47.1 Å². The van der Waals surface area contributed by atoms with E-state index >= 15 is 0 Å². The number of nitrogens with zero attached hydrogens (tertiary/aromatic N) is 2. The van der Waals surface area contributed by atoms with Gasteiger partial charge in [-0.15, -0.1) is 0 Å². The highest BCUT2D eigenvalue weighted by Crippen LogP contribution is 2.27. The molecule has 2 unspecified atom stereocenters. The fourth-order valence-electron chi connectivity index (χ4n) is 4.37. The van der Waals surface area contributed by atoms with Crippen LogP contribution in [0.2, 0.25) is 0 Å². The highest BCUT2D eigenvalue weighted by atomic mass is 16.2. The number of amides is 1. The van der Waals surface area contributed by atoms with Crippen LogP contribution in [-0.4, -0.2) is 34.2 Å². The van der Waals surface area contributed by atoms with Gasteiger partial charge in [-0.1, -0.05) is 44.2 Å². The number of piperidine rings is 1. The Morgan fingerprint density at radius 1 is 1.07 bits per heavy atom. The second kappa shape index (κ2) is 8.12. The monoisotopic (exact) mass is 366 g/mol. The quantitative estimate of drug-likeness (QED) is 0.728. The van der Waals surface area contributed by atoms with Gasteiger partial charge in [-0.3, -0.25) is 9.59 Å². The molecule has 1 amide bonds. The summed E-state index contributed by atoms with van der Waals surface area (Å²) in [6.07, 6.45) is 1.66. The minimum atomic E-state index is 0.0634. The Labute approximate surface area is 162 Å². The van der Waals surface area contributed by atoms with Crippen LogP contribution in [-0.2, 0) is 11.3 Å². The molecular weight excluding hydrogens is 336 g/mol. The normalized spacial score (nSPS) is 19.9. The van der Waals surface area contributed by atoms with E-state index in [0.29, 0.717) is 24.8 Å². The fraction of sp³-hybridized carbons (Fsp3) is 0.478. The molecule has 4 heteroatoms. The largest absolute Gasteiger partial charge is 0.344 e. The number of carbonyl (C=O) groups is 2. The Balaban J connectivity index is 1.81. The van der Waals surface area contributed by atoms with E-state index in [1.807, 2.05) is 48.2 Å². The van der Waals surface area contributed by atoms with E-state index in [0.717, 1.165) is 35.6 Å². The number of carbonyl (C=O) groups excluding carboxylic acids is 2. The topological polar surface area (TPSA) is 42.3 Å². The second-order valence-electron chi connectivity index (χ2n) is 8.10. The molecule has 0 saturated carbocycles. The first-order valence-corrected chi connectivity index (χ1v) is 9.91. The van der Waals surface area contributed by atoms with Crippen molar-refractivity contribution < 1.29 is 9.59 Å². The van der Waals surface area contributed by atoms with Crippen molar-refractivity contribution in [1.29, 1.82) is 0 Å². The van der Waals surface area contributed by atoms with Gasteiger partial charge >= 0.3 is 0 Å². The average molecular weight is 367 g/mol. The first-order chi connectivity index (χ1) is 12.9. The van der Waals surface area contributed by atoms with Crippen molar-refractivity contribution in [2.75, 3.05) is 13.1 Å². The summed E-state index contributed by atoms with van der Waals surface area (Å²) in [6, 6.07) is 12.0. The number of ketones is 1. The molecule has 0 spiro atoms. The van der Waals surface area contributed by atoms with Crippen LogP contribution >= 0.6 is 0 Å². The highest BCUT2D eigenvalue weighted by molar-refractivity contribution is 5.96. The molecule has 1 aliphatic heterocycles. The smallest absolute Gasteiger partial charge is 0.224 e. The van der Waals surface area contributed by atoms with Gasteiger partial charge in [-0.2, -0.15) is 0 Å². The van der Waals surface area contributed by atoms with E-state index in [4.69, 9.17) is 0 Å². The Hall–Kier alpha value is -2.36. The molecule has 0 bridgehead atoms. The summed E-state index contributed by atoms with van der Waals surface area (Å²) < 4.78 is 2.13. The maximum atomic E-state index is 12.8. The van der Waals surface area contributed by atoms with Gasteiger partial charge in [0.15, 0.2) is 5.78 Å². The molecule has 2 heterocycles. The van der Waals surface area contributed by atoms with E-state index in [2.05, 4.69) is 18.4 Å². The zero-order valence-electron chi connectivity index (χ0n) is 16.9. The third-order valence-corrected chi connectivity index (χ3v) is 5.59. The molecular formula is C23H30N2O2. The van der Waals surface area contributed by atoms with Crippen LogP contribution in [0.4, 0.5) is 0 Å². The molecule has 4 nitrogen and oxygen atoms in total. The van der Waals surface area contributed by atoms with Gasteiger partial charge in [-0.25, -0.2) is 0 Å². The molecule has 1 saturated heterocycles. The predicted octanol–water partition coefficient (Wildman–Crippen LogP) is 4.56. The van der Waals surface area contributed by atoms with Gasteiger partial charge in [0.2, 0.25) is 5.91 Å². The van der Waals surface area contributed by atoms with Gasteiger partial charge in [0.1, 0.15) is 0 Å². The van der Waals surface area contributed by atoms with Crippen molar-refractivity contribution in [2.24, 2.45) is 11.8 Å². The zero-order valence-corrected chi connectivity index (χ0v) is 16.9. The molecule has 0 aliphatic carbocycles. The van der Waals surface area contributed by atoms with Crippen LogP contribution in [0.3, 0.4) is 0 Å². The maximum Gasteiger partial charge on any atom is 0.224 e. The van der Waals surface area contributed by atoms with Gasteiger partial charge in [0.25, 0.3) is 0 Å². The van der Waals surface area contributed by atoms with Gasteiger partial charge in [-0.05, 0) is 43.7 Å². The van der Waals surface area contributed by atoms with Crippen LogP contribution in [0.5, 0.6) is 0 Å². The number of aromatic nitrogens is 1. The zero-order chi connectivity index (χ0) is 19.6. The number of rotatable bonds is 5. The van der Waals surface area contributed by atoms with Crippen LogP contribution in [0.15, 0.2) is 36.4 Å². The molecule has 1 aliphatic rings. The minimum absolute atomic E-state index is 0.0634. The first kappa shape index (κ1) is 19.4. The number of hydrogen-bond donors (Lipinski definition) is 0. The Kier molecular flexibility index (Phi) is 5.83. The highest BCUT2D eigenvalue weighted by Gasteiger charge is 2.25. The van der Waals surface area contributed by atoms with Crippen LogP contribution in [0.1, 0.15) is 49.7 Å². The summed E-state index contributed by atoms with van der Waals surface area (Å²) in [5.74, 6) is 1.41. The van der Waals surface area contributed by atoms with Gasteiger partial charge < -0.3 is 9.47 Å². The van der Waals surface area contributed by atoms with E-state index in [1.54, 1.807) is 6.92 Å². The molecule has 3 rings (SSSR count). The molecule has 2 atom stereocenters. The SMILES string of the molecule is CC(=O)c1cc(-c2ccccc2)n(CCC(=O)N2CC(C)CC(C)C2)c1C. The van der Waals surface area contributed by atoms with E-state index < -0.39 is 0 Å². The molecule has 0 N–H and O–H groups in total. The lowest BCUT2D eigenvalue weighted by atomic mass is 9.92. The summed E-state index contributed by atoms with van der Waals surface area (Å²) in [4.78, 5) is 26.9. The standard InChI is InChI=1S/C23H30N2O2/c1-16-12-17(2)15-24(14-16)23(27)10-11-25-18(3)21(19(4)26)13-22(25)20-8-6-5-7-9-20/h5-9,13,16-17H,10-12,14-15H2,1-4H3. The summed E-state index contributed by atoms with van der Waals surface area (Å²) in [7, 11) is 0. The Morgan fingerprint density at radius 2 is 1.70 bits per heavy atom. The van der Waals surface area contributed by atoms with Gasteiger partial charge in [0.05, 0.1) is 0 Å². The number of hydrogen-bond acceptors (Lipinski definition) is 2. The van der Waals surface area contributed by atoms with Crippen LogP contribution in [0, 0.1) is 18.8 Å². The van der Waals surface area contributed by atoms with Crippen LogP contribution in [0.25, 0.3) is 11.3 Å². The maximum absolute atomic E-state index is 12.8. The van der Waals surface area contributed by atoms with E-state index in [9.17, 15) is 9.59 Å². The van der Waals surface area contributed by atoms with E-state index in [-0.39, 0.29) is 11.7 Å². The summed E-state index contributed by atoms with van der Waals surface area (Å²) in [5, 5.41) is 0. The molecule has 0 radical (unpaired) electrons. The third-order valence-electron chi connectivity index (χ3n) is 5.59. The summed E-state index contributed by atoms with van der Waals surface area (Å²) >= 11 is 0. The molecule has 144 valence electrons. The number of likely N-dealkylation sites (tertiary alicyclic amines) is 1. The number of Topliss-reactive ketones (excluding diaryl/α,β-unsaturated/α-hetero) is 1. The summed E-state index contributed by atoms with van der Waals surface area (Å²) in [5.41, 5.74) is 3.75. The lowest BCUT2D eigenvalue weighted by Crippen LogP contribution is -2.42. The first-order valence-electron chi connectivity index (χ1n) is 9.91. The molecule has 1 aromatic carbocycles. The second-order valence-corrected chi connectivity index (χ2v) is 8.10. The van der Waals surface area contributed by atoms with Crippen molar-refractivity contribution in [3.63, 3.8) is 0 Å². The minimum Gasteiger partial charge on any atom is -0.344 e. The van der Waals surface area contributed by atoms with Crippen molar-refractivity contribution in [3.05, 3.63) is 47.7 Å².